The van der Waals surface area contributed by atoms with E-state index in [1.165, 1.54) is 87.6 Å². The highest BCUT2D eigenvalue weighted by atomic mass is 15.0. The molecule has 6 nitrogen and oxygen atoms in total. The van der Waals surface area contributed by atoms with Crippen molar-refractivity contribution in [2.45, 2.75) is 55.4 Å². The van der Waals surface area contributed by atoms with Gasteiger partial charge in [0.25, 0.3) is 0 Å². The Morgan fingerprint density at radius 1 is 0.245 bits per heavy atom. The number of pyridine rings is 1. The number of nitriles is 1. The first-order valence-corrected chi connectivity index (χ1v) is 33.9. The summed E-state index contributed by atoms with van der Waals surface area (Å²) in [5.74, 6) is 0. The Labute approximate surface area is 569 Å². The molecule has 5 heterocycles. The maximum Gasteiger partial charge on any atom is 0.100 e. The summed E-state index contributed by atoms with van der Waals surface area (Å²) in [6, 6.07) is 97.7. The zero-order chi connectivity index (χ0) is 66.4. The van der Waals surface area contributed by atoms with E-state index in [9.17, 15) is 5.26 Å². The van der Waals surface area contributed by atoms with E-state index >= 15 is 0 Å². The van der Waals surface area contributed by atoms with E-state index in [0.717, 1.165) is 123 Å². The van der Waals surface area contributed by atoms with Crippen LogP contribution < -0.4 is 0 Å². The molecule has 18 rings (SSSR count). The molecule has 0 N–H and O–H groups in total. The van der Waals surface area contributed by atoms with Crippen LogP contribution in [0.4, 0.5) is 0 Å². The number of aromatic nitrogens is 5. The fourth-order valence-electron chi connectivity index (χ4n) is 16.0. The molecule has 0 fully saturated rings. The van der Waals surface area contributed by atoms with Crippen molar-refractivity contribution in [1.29, 1.82) is 5.26 Å². The topological polar surface area (TPSA) is 56.4 Å². The first-order valence-electron chi connectivity index (χ1n) is 33.9. The Morgan fingerprint density at radius 3 is 0.673 bits per heavy atom. The first kappa shape index (κ1) is 58.3. The molecule has 0 unspecified atom stereocenters. The minimum absolute atomic E-state index is 0.559. The molecule has 13 aromatic carbocycles. The summed E-state index contributed by atoms with van der Waals surface area (Å²) in [6.45, 7) is 17.4. The fourth-order valence-corrected chi connectivity index (χ4v) is 16.0. The third-order valence-corrected chi connectivity index (χ3v) is 20.5. The smallest absolute Gasteiger partial charge is 0.100 e. The molecule has 6 heteroatoms. The monoisotopic (exact) mass is 1260 g/mol. The molecule has 0 aliphatic heterocycles. The van der Waals surface area contributed by atoms with Gasteiger partial charge < -0.3 is 18.3 Å². The van der Waals surface area contributed by atoms with Gasteiger partial charge in [-0.15, -0.1) is 0 Å². The van der Waals surface area contributed by atoms with Crippen molar-refractivity contribution in [1.82, 2.24) is 23.3 Å². The SMILES string of the molecule is Cc1ccc2c(c1)c1cc(C)ccc1n2-c1ccc(-c2c(C#N)c(-c3cccnc3)c(-c3ccc(-n4c5ccc(C)cc5c5cc(C)ccc54)cc3)c(-c3ccc(-n4c5ccc(C)cc5c5cc(C)ccc54)cc3)c2-c2ccc(-n3c4ccc(C)cc4c4cc(C)ccc43)cc2)cc1. The van der Waals surface area contributed by atoms with Crippen LogP contribution in [0.15, 0.2) is 267 Å². The molecule has 0 atom stereocenters. The number of nitrogens with zero attached hydrogens (tertiary/aromatic N) is 6. The van der Waals surface area contributed by atoms with Gasteiger partial charge in [0, 0.05) is 94.9 Å². The van der Waals surface area contributed by atoms with E-state index < -0.39 is 0 Å². The van der Waals surface area contributed by atoms with Crippen molar-refractivity contribution >= 4 is 87.2 Å². The van der Waals surface area contributed by atoms with E-state index in [4.69, 9.17) is 4.98 Å². The highest BCUT2D eigenvalue weighted by Crippen LogP contribution is 2.54. The number of rotatable bonds is 9. The molecule has 0 radical (unpaired) electrons. The molecule has 0 bridgehead atoms. The standard InChI is InChI=1S/C92H68N6/c1-54-11-35-80-71(44-54)72-45-55(2)12-36-81(72)95(80)67-27-19-62(20-28-67)88-79(52-93)89(66-10-9-43-94-53-66)91(64-23-31-69(32-24-64)97-84-39-15-58(5)48-75(84)76-49-59(6)16-40-85(76)97)92(65-25-33-70(34-26-65)98-86-41-17-60(7)50-77(86)78-51-61(8)18-42-87(78)98)90(88)63-21-29-68(30-22-63)96-82-37-13-56(3)46-73(82)74-47-57(4)14-38-83(74)96/h9-51,53H,1-8H3. The van der Waals surface area contributed by atoms with Gasteiger partial charge in [0.15, 0.2) is 0 Å². The van der Waals surface area contributed by atoms with E-state index in [-0.39, 0.29) is 0 Å². The van der Waals surface area contributed by atoms with Crippen LogP contribution in [0.5, 0.6) is 0 Å². The second kappa shape index (κ2) is 22.4. The first-order chi connectivity index (χ1) is 47.8. The lowest BCUT2D eigenvalue weighted by molar-refractivity contribution is 1.18. The Morgan fingerprint density at radius 2 is 0.459 bits per heavy atom. The van der Waals surface area contributed by atoms with Crippen molar-refractivity contribution in [2.24, 2.45) is 0 Å². The summed E-state index contributed by atoms with van der Waals surface area (Å²) in [7, 11) is 0. The van der Waals surface area contributed by atoms with Crippen LogP contribution in [-0.2, 0) is 0 Å². The zero-order valence-corrected chi connectivity index (χ0v) is 56.1. The van der Waals surface area contributed by atoms with Crippen LogP contribution in [0.3, 0.4) is 0 Å². The van der Waals surface area contributed by atoms with Gasteiger partial charge >= 0.3 is 0 Å². The Hall–Kier alpha value is -12.3. The maximum atomic E-state index is 12.5. The minimum atomic E-state index is 0.559. The predicted octanol–water partition coefficient (Wildman–Crippen LogP) is 24.1. The van der Waals surface area contributed by atoms with Crippen LogP contribution >= 0.6 is 0 Å². The van der Waals surface area contributed by atoms with Gasteiger partial charge in [-0.3, -0.25) is 4.98 Å². The number of benzene rings is 13. The number of hydrogen-bond donors (Lipinski definition) is 0. The van der Waals surface area contributed by atoms with Crippen molar-refractivity contribution in [3.63, 3.8) is 0 Å². The predicted molar refractivity (Wildman–Crippen MR) is 411 cm³/mol. The Balaban J connectivity index is 0.938. The summed E-state index contributed by atoms with van der Waals surface area (Å²) >= 11 is 0. The van der Waals surface area contributed by atoms with Crippen LogP contribution in [0.1, 0.15) is 50.1 Å². The molecule has 5 aromatic heterocycles. The average Bonchev–Trinajstić information content (AvgIpc) is 1.14. The van der Waals surface area contributed by atoms with E-state index in [0.29, 0.717) is 5.56 Å². The number of fused-ring (bicyclic) bond motifs is 12. The lowest BCUT2D eigenvalue weighted by atomic mass is 9.76. The quantitative estimate of drug-likeness (QED) is 0.145. The summed E-state index contributed by atoms with van der Waals surface area (Å²) < 4.78 is 9.60. The van der Waals surface area contributed by atoms with Crippen LogP contribution in [0.2, 0.25) is 0 Å². The summed E-state index contributed by atoms with van der Waals surface area (Å²) in [4.78, 5) is 4.84. The summed E-state index contributed by atoms with van der Waals surface area (Å²) in [6.07, 6.45) is 3.75. The summed E-state index contributed by atoms with van der Waals surface area (Å²) in [5, 5.41) is 22.3. The largest absolute Gasteiger partial charge is 0.309 e. The lowest BCUT2D eigenvalue weighted by Crippen LogP contribution is -2.03. The highest BCUT2D eigenvalue weighted by molar-refractivity contribution is 6.15. The molecule has 0 spiro atoms. The van der Waals surface area contributed by atoms with Gasteiger partial charge in [0.1, 0.15) is 6.07 Å². The van der Waals surface area contributed by atoms with Crippen molar-refractivity contribution in [3.8, 4) is 84.5 Å². The van der Waals surface area contributed by atoms with Crippen molar-refractivity contribution < 1.29 is 0 Å². The second-order valence-corrected chi connectivity index (χ2v) is 27.3. The van der Waals surface area contributed by atoms with Gasteiger partial charge in [0.2, 0.25) is 0 Å². The van der Waals surface area contributed by atoms with Gasteiger partial charge in [-0.1, -0.05) is 148 Å². The third-order valence-electron chi connectivity index (χ3n) is 20.5. The van der Waals surface area contributed by atoms with Gasteiger partial charge in [-0.2, -0.15) is 5.26 Å². The van der Waals surface area contributed by atoms with E-state index in [1.54, 1.807) is 0 Å². The average molecular weight is 1260 g/mol. The molecular weight excluding hydrogens is 1190 g/mol. The third kappa shape index (κ3) is 9.18. The van der Waals surface area contributed by atoms with Gasteiger partial charge in [-0.05, 0) is 246 Å². The molecule has 18 aromatic rings. The van der Waals surface area contributed by atoms with Crippen LogP contribution in [0, 0.1) is 66.7 Å². The Kier molecular flexibility index (Phi) is 13.3. The normalized spacial score (nSPS) is 11.9. The molecule has 98 heavy (non-hydrogen) atoms. The summed E-state index contributed by atoms with van der Waals surface area (Å²) in [5.41, 5.74) is 33.0. The lowest BCUT2D eigenvalue weighted by Gasteiger charge is -2.26. The molecular formula is C92H68N6. The Bertz CT molecular complexity index is 6160. The molecule has 0 saturated heterocycles. The number of aryl methyl sites for hydroxylation is 8. The molecule has 466 valence electrons. The molecule has 0 aliphatic carbocycles. The highest BCUT2D eigenvalue weighted by Gasteiger charge is 2.30. The molecule has 0 amide bonds. The van der Waals surface area contributed by atoms with E-state index in [2.05, 4.69) is 328 Å². The van der Waals surface area contributed by atoms with E-state index in [1.807, 2.05) is 18.5 Å². The van der Waals surface area contributed by atoms with Crippen molar-refractivity contribution in [2.75, 3.05) is 0 Å². The van der Waals surface area contributed by atoms with Crippen LogP contribution in [-0.4, -0.2) is 23.3 Å². The second-order valence-electron chi connectivity index (χ2n) is 27.3. The fraction of sp³-hybridized carbons (Fsp3) is 0.0870. The minimum Gasteiger partial charge on any atom is -0.309 e. The molecule has 0 aliphatic rings. The van der Waals surface area contributed by atoms with Crippen molar-refractivity contribution in [3.05, 3.63) is 317 Å². The van der Waals surface area contributed by atoms with Crippen LogP contribution in [0.25, 0.3) is 166 Å². The number of hydrogen-bond acceptors (Lipinski definition) is 2. The molecule has 0 saturated carbocycles. The van der Waals surface area contributed by atoms with Gasteiger partial charge in [-0.25, -0.2) is 0 Å². The van der Waals surface area contributed by atoms with Gasteiger partial charge in [0.05, 0.1) is 49.7 Å². The zero-order valence-electron chi connectivity index (χ0n) is 56.1. The maximum absolute atomic E-state index is 12.5.